The second-order valence-electron chi connectivity index (χ2n) is 5.38. The second-order valence-corrected chi connectivity index (χ2v) is 6.30. The summed E-state index contributed by atoms with van der Waals surface area (Å²) in [5, 5.41) is 0. The molecule has 0 fully saturated rings. The molecule has 2 aromatic carbocycles. The van der Waals surface area contributed by atoms with Crippen LogP contribution in [0.5, 0.6) is 0 Å². The lowest BCUT2D eigenvalue weighted by Crippen LogP contribution is -2.30. The fraction of sp³-hybridized carbons (Fsp3) is 0.176. The minimum absolute atomic E-state index is 0.252. The number of fused-ring (bicyclic) bond motifs is 1. The lowest BCUT2D eigenvalue weighted by atomic mass is 10.0. The number of halogens is 1. The van der Waals surface area contributed by atoms with E-state index in [0.29, 0.717) is 16.8 Å². The Kier molecular flexibility index (Phi) is 3.21. The molecule has 0 atom stereocenters. The molecular formula is C17H14BrNO2. The zero-order chi connectivity index (χ0) is 15.3. The molecule has 1 aliphatic rings. The van der Waals surface area contributed by atoms with Crippen LogP contribution in [0.4, 0.5) is 5.69 Å². The molecule has 0 spiro atoms. The number of benzene rings is 2. The van der Waals surface area contributed by atoms with E-state index in [1.807, 2.05) is 32.9 Å². The third kappa shape index (κ3) is 2.10. The summed E-state index contributed by atoms with van der Waals surface area (Å²) in [5.41, 5.74) is 4.59. The first-order chi connectivity index (χ1) is 9.90. The first kappa shape index (κ1) is 14.0. The van der Waals surface area contributed by atoms with Gasteiger partial charge in [-0.3, -0.25) is 9.59 Å². The molecule has 2 aromatic rings. The van der Waals surface area contributed by atoms with Crippen LogP contribution in [0.1, 0.15) is 37.4 Å². The van der Waals surface area contributed by atoms with Crippen LogP contribution < -0.4 is 4.90 Å². The molecule has 106 valence electrons. The summed E-state index contributed by atoms with van der Waals surface area (Å²) in [6, 6.07) is 9.15. The average molecular weight is 344 g/mol. The van der Waals surface area contributed by atoms with Crippen molar-refractivity contribution in [3.8, 4) is 0 Å². The Morgan fingerprint density at radius 3 is 2.05 bits per heavy atom. The van der Waals surface area contributed by atoms with E-state index in [4.69, 9.17) is 0 Å². The van der Waals surface area contributed by atoms with Gasteiger partial charge in [-0.2, -0.15) is 0 Å². The number of nitrogens with zero attached hydrogens (tertiary/aromatic N) is 1. The number of anilines is 1. The normalized spacial score (nSPS) is 13.8. The molecule has 2 amide bonds. The first-order valence-corrected chi connectivity index (χ1v) is 7.45. The van der Waals surface area contributed by atoms with Crippen molar-refractivity contribution in [2.24, 2.45) is 0 Å². The molecule has 3 rings (SSSR count). The first-order valence-electron chi connectivity index (χ1n) is 6.66. The van der Waals surface area contributed by atoms with E-state index in [0.717, 1.165) is 21.2 Å². The van der Waals surface area contributed by atoms with Gasteiger partial charge >= 0.3 is 0 Å². The van der Waals surface area contributed by atoms with Gasteiger partial charge in [0.25, 0.3) is 11.8 Å². The maximum absolute atomic E-state index is 12.6. The van der Waals surface area contributed by atoms with E-state index in [2.05, 4.69) is 15.9 Å². The Morgan fingerprint density at radius 1 is 0.857 bits per heavy atom. The van der Waals surface area contributed by atoms with E-state index < -0.39 is 0 Å². The number of aryl methyl sites for hydroxylation is 3. The molecule has 0 aromatic heterocycles. The summed E-state index contributed by atoms with van der Waals surface area (Å²) in [6.45, 7) is 5.85. The van der Waals surface area contributed by atoms with Crippen LogP contribution in [0, 0.1) is 20.8 Å². The summed E-state index contributed by atoms with van der Waals surface area (Å²) in [5.74, 6) is -0.510. The zero-order valence-electron chi connectivity index (χ0n) is 12.0. The van der Waals surface area contributed by atoms with Gasteiger partial charge in [-0.25, -0.2) is 4.90 Å². The number of rotatable bonds is 1. The Bertz CT molecular complexity index is 772. The molecule has 1 heterocycles. The molecule has 0 N–H and O–H groups in total. The zero-order valence-corrected chi connectivity index (χ0v) is 13.6. The summed E-state index contributed by atoms with van der Waals surface area (Å²) in [6.07, 6.45) is 0. The van der Waals surface area contributed by atoms with Gasteiger partial charge in [0.1, 0.15) is 0 Å². The molecular weight excluding hydrogens is 330 g/mol. The smallest absolute Gasteiger partial charge is 0.266 e. The average Bonchev–Trinajstić information content (AvgIpc) is 2.62. The van der Waals surface area contributed by atoms with Crippen molar-refractivity contribution >= 4 is 33.4 Å². The van der Waals surface area contributed by atoms with Crippen molar-refractivity contribution < 1.29 is 9.59 Å². The Morgan fingerprint density at radius 2 is 1.43 bits per heavy atom. The SMILES string of the molecule is Cc1cc(C)c(N2C(=O)c3ccc(Br)cc3C2=O)c(C)c1. The van der Waals surface area contributed by atoms with E-state index >= 15 is 0 Å². The maximum Gasteiger partial charge on any atom is 0.266 e. The Balaban J connectivity index is 2.19. The molecule has 21 heavy (non-hydrogen) atoms. The van der Waals surface area contributed by atoms with Crippen LogP contribution in [-0.2, 0) is 0 Å². The quantitative estimate of drug-likeness (QED) is 0.728. The van der Waals surface area contributed by atoms with Crippen LogP contribution in [0.15, 0.2) is 34.8 Å². The largest absolute Gasteiger partial charge is 0.268 e. The van der Waals surface area contributed by atoms with Gasteiger partial charge in [0.05, 0.1) is 16.8 Å². The van der Waals surface area contributed by atoms with Gasteiger partial charge in [0.15, 0.2) is 0 Å². The van der Waals surface area contributed by atoms with Crippen molar-refractivity contribution in [2.75, 3.05) is 4.90 Å². The van der Waals surface area contributed by atoms with Gasteiger partial charge in [-0.15, -0.1) is 0 Å². The summed E-state index contributed by atoms with van der Waals surface area (Å²) >= 11 is 3.34. The van der Waals surface area contributed by atoms with Crippen LogP contribution in [0.2, 0.25) is 0 Å². The maximum atomic E-state index is 12.6. The third-order valence-corrected chi connectivity index (χ3v) is 4.20. The van der Waals surface area contributed by atoms with E-state index in [1.165, 1.54) is 4.90 Å². The number of hydrogen-bond donors (Lipinski definition) is 0. The highest BCUT2D eigenvalue weighted by molar-refractivity contribution is 9.10. The monoisotopic (exact) mass is 343 g/mol. The standard InChI is InChI=1S/C17H14BrNO2/c1-9-6-10(2)15(11(3)7-9)19-16(20)13-5-4-12(18)8-14(13)17(19)21/h4-8H,1-3H3. The number of carbonyl (C=O) groups is 2. The van der Waals surface area contributed by atoms with Crippen molar-refractivity contribution in [1.29, 1.82) is 0 Å². The van der Waals surface area contributed by atoms with Gasteiger partial charge in [-0.05, 0) is 50.1 Å². The molecule has 1 aliphatic heterocycles. The number of carbonyl (C=O) groups excluding carboxylic acids is 2. The highest BCUT2D eigenvalue weighted by Gasteiger charge is 2.38. The van der Waals surface area contributed by atoms with Crippen molar-refractivity contribution in [2.45, 2.75) is 20.8 Å². The van der Waals surface area contributed by atoms with E-state index in [1.54, 1.807) is 18.2 Å². The minimum Gasteiger partial charge on any atom is -0.268 e. The molecule has 4 heteroatoms. The lowest BCUT2D eigenvalue weighted by molar-refractivity contribution is 0.0925. The van der Waals surface area contributed by atoms with Crippen LogP contribution >= 0.6 is 15.9 Å². The fourth-order valence-corrected chi connectivity index (χ4v) is 3.30. The summed E-state index contributed by atoms with van der Waals surface area (Å²) in [7, 11) is 0. The predicted molar refractivity (Wildman–Crippen MR) is 85.9 cm³/mol. The van der Waals surface area contributed by atoms with Gasteiger partial charge < -0.3 is 0 Å². The van der Waals surface area contributed by atoms with Crippen LogP contribution in [0.25, 0.3) is 0 Å². The second kappa shape index (κ2) is 4.81. The molecule has 0 unspecified atom stereocenters. The lowest BCUT2D eigenvalue weighted by Gasteiger charge is -2.20. The van der Waals surface area contributed by atoms with Crippen molar-refractivity contribution in [3.05, 3.63) is 62.6 Å². The highest BCUT2D eigenvalue weighted by Crippen LogP contribution is 2.34. The predicted octanol–water partition coefficient (Wildman–Crippen LogP) is 4.17. The molecule has 0 bridgehead atoms. The highest BCUT2D eigenvalue weighted by atomic mass is 79.9. The molecule has 0 saturated heterocycles. The Labute approximate surface area is 131 Å². The van der Waals surface area contributed by atoms with Crippen LogP contribution in [0.3, 0.4) is 0 Å². The minimum atomic E-state index is -0.258. The van der Waals surface area contributed by atoms with Crippen molar-refractivity contribution in [1.82, 2.24) is 0 Å². The molecule has 0 aliphatic carbocycles. The summed E-state index contributed by atoms with van der Waals surface area (Å²) in [4.78, 5) is 26.5. The molecule has 0 saturated carbocycles. The van der Waals surface area contributed by atoms with E-state index in [9.17, 15) is 9.59 Å². The van der Waals surface area contributed by atoms with Gasteiger partial charge in [-0.1, -0.05) is 33.6 Å². The number of imide groups is 1. The van der Waals surface area contributed by atoms with Crippen molar-refractivity contribution in [3.63, 3.8) is 0 Å². The number of hydrogen-bond acceptors (Lipinski definition) is 2. The Hall–Kier alpha value is -1.94. The van der Waals surface area contributed by atoms with Crippen LogP contribution in [-0.4, -0.2) is 11.8 Å². The molecule has 3 nitrogen and oxygen atoms in total. The van der Waals surface area contributed by atoms with E-state index in [-0.39, 0.29) is 11.8 Å². The van der Waals surface area contributed by atoms with Gasteiger partial charge in [0.2, 0.25) is 0 Å². The number of amides is 2. The summed E-state index contributed by atoms with van der Waals surface area (Å²) < 4.78 is 0.793. The third-order valence-electron chi connectivity index (χ3n) is 3.71. The van der Waals surface area contributed by atoms with Gasteiger partial charge in [0, 0.05) is 4.47 Å². The molecule has 0 radical (unpaired) electrons. The fourth-order valence-electron chi connectivity index (χ4n) is 2.94. The topological polar surface area (TPSA) is 37.4 Å².